The predicted molar refractivity (Wildman–Crippen MR) is 205 cm³/mol. The quantitative estimate of drug-likeness (QED) is 0.137. The summed E-state index contributed by atoms with van der Waals surface area (Å²) in [5, 5.41) is 0. The molecule has 3 heterocycles. The standard InChI is InChI=1S/C27H36NO5S2.3C4H9.Sn/c1-6-22-18(2)23(33-26(3,4)32-22)21(12-13-27(5)34-14-15-35-27)24(29)28-20(17-31-25(28)30)16-19-10-8-7-9-11-19;3*1-3-4-2;/h1,6-11,18,20-23H,12-17H2,2-5H3;3*1,3-4H2,2H3;/t18-,20-,21+,22-,23+;;;;/m0..../s1. The van der Waals surface area contributed by atoms with Crippen LogP contribution in [0.3, 0.4) is 0 Å². The summed E-state index contributed by atoms with van der Waals surface area (Å²) in [6.45, 7) is 15.6. The van der Waals surface area contributed by atoms with Gasteiger partial charge in [-0.05, 0) is 0 Å². The van der Waals surface area contributed by atoms with Crippen molar-refractivity contribution in [1.29, 1.82) is 0 Å². The van der Waals surface area contributed by atoms with Gasteiger partial charge in [-0.25, -0.2) is 0 Å². The van der Waals surface area contributed by atoms with Gasteiger partial charge in [-0.1, -0.05) is 18.2 Å². The zero-order valence-electron chi connectivity index (χ0n) is 30.8. The van der Waals surface area contributed by atoms with Gasteiger partial charge in [0.05, 0.1) is 0 Å². The zero-order valence-corrected chi connectivity index (χ0v) is 35.3. The predicted octanol–water partition coefficient (Wildman–Crippen LogP) is 10.3. The van der Waals surface area contributed by atoms with Gasteiger partial charge in [-0.15, -0.1) is 0 Å². The summed E-state index contributed by atoms with van der Waals surface area (Å²) < 4.78 is 26.0. The fraction of sp³-hybridized carbons (Fsp3) is 0.744. The molecular formula is C39H63NO5S2Sn. The van der Waals surface area contributed by atoms with Crippen LogP contribution in [-0.2, 0) is 25.4 Å². The molecule has 9 heteroatoms. The number of hydrogen-bond donors (Lipinski definition) is 0. The summed E-state index contributed by atoms with van der Waals surface area (Å²) in [4.78, 5) is 29.5. The Labute approximate surface area is 304 Å². The molecule has 0 radical (unpaired) electrons. The molecule has 6 nitrogen and oxygen atoms in total. The molecule has 0 unspecified atom stereocenters. The number of ether oxygens (including phenoxy) is 3. The Hall–Kier alpha value is -0.681. The van der Waals surface area contributed by atoms with Crippen LogP contribution in [0.1, 0.15) is 105 Å². The van der Waals surface area contributed by atoms with Gasteiger partial charge in [0, 0.05) is 0 Å². The fourth-order valence-electron chi connectivity index (χ4n) is 7.75. The molecule has 0 N–H and O–H groups in total. The maximum atomic E-state index is 14.8. The van der Waals surface area contributed by atoms with Gasteiger partial charge in [-0.3, -0.25) is 0 Å². The van der Waals surface area contributed by atoms with E-state index in [1.807, 2.05) is 67.7 Å². The minimum atomic E-state index is -2.58. The Morgan fingerprint density at radius 1 is 0.979 bits per heavy atom. The average Bonchev–Trinajstić information content (AvgIpc) is 3.67. The van der Waals surface area contributed by atoms with Crippen molar-refractivity contribution in [2.24, 2.45) is 11.8 Å². The Morgan fingerprint density at radius 3 is 2.17 bits per heavy atom. The monoisotopic (exact) mass is 809 g/mol. The number of imide groups is 1. The molecule has 0 aromatic heterocycles. The molecule has 0 aliphatic carbocycles. The van der Waals surface area contributed by atoms with Crippen molar-refractivity contribution in [2.75, 3.05) is 18.1 Å². The summed E-state index contributed by atoms with van der Waals surface area (Å²) in [6, 6.07) is 9.75. The summed E-state index contributed by atoms with van der Waals surface area (Å²) in [5.74, 6) is 0.727. The van der Waals surface area contributed by atoms with Crippen molar-refractivity contribution >= 4 is 53.9 Å². The first-order valence-electron chi connectivity index (χ1n) is 18.8. The molecule has 4 rings (SSSR count). The van der Waals surface area contributed by atoms with E-state index < -0.39 is 36.2 Å². The van der Waals surface area contributed by atoms with Crippen molar-refractivity contribution in [3.63, 3.8) is 0 Å². The van der Waals surface area contributed by atoms with Crippen molar-refractivity contribution in [3.05, 3.63) is 46.1 Å². The third kappa shape index (κ3) is 10.9. The van der Waals surface area contributed by atoms with Crippen molar-refractivity contribution in [3.8, 4) is 0 Å². The number of hydrogen-bond acceptors (Lipinski definition) is 7. The molecule has 1 aromatic carbocycles. The number of benzene rings is 1. The number of rotatable bonds is 18. The molecule has 270 valence electrons. The van der Waals surface area contributed by atoms with Crippen LogP contribution in [0.5, 0.6) is 0 Å². The topological polar surface area (TPSA) is 65.1 Å². The fourth-order valence-corrected chi connectivity index (χ4v) is 25.0. The first-order chi connectivity index (χ1) is 23.0. The number of carbonyl (C=O) groups is 2. The van der Waals surface area contributed by atoms with Crippen LogP contribution >= 0.6 is 23.5 Å². The first kappa shape index (κ1) is 40.1. The van der Waals surface area contributed by atoms with Crippen LogP contribution < -0.4 is 0 Å². The molecule has 3 aliphatic rings. The van der Waals surface area contributed by atoms with Crippen LogP contribution in [0.15, 0.2) is 40.5 Å². The zero-order chi connectivity index (χ0) is 34.8. The summed E-state index contributed by atoms with van der Waals surface area (Å²) in [7, 11) is 0. The van der Waals surface area contributed by atoms with Gasteiger partial charge in [0.2, 0.25) is 0 Å². The number of amides is 2. The molecule has 2 amide bonds. The maximum absolute atomic E-state index is 14.8. The van der Waals surface area contributed by atoms with E-state index >= 15 is 0 Å². The SMILES string of the molecule is CCC[CH2][Sn](/[CH]=C/[C@@H]1OC(C)(C)O[C@@H]([C@@H](CCC2(C)SCCS2)C(=O)N2C(=O)OC[C@@H]2Cc2ccccc2)[C@H]1C)([CH2]CCC)[CH2]CCC. The number of carbonyl (C=O) groups excluding carboxylic acids is 2. The van der Waals surface area contributed by atoms with Gasteiger partial charge in [0.1, 0.15) is 0 Å². The van der Waals surface area contributed by atoms with Crippen LogP contribution in [0.4, 0.5) is 4.79 Å². The van der Waals surface area contributed by atoms with Crippen LogP contribution in [0.25, 0.3) is 0 Å². The van der Waals surface area contributed by atoms with Crippen LogP contribution in [0, 0.1) is 11.8 Å². The van der Waals surface area contributed by atoms with Crippen LogP contribution in [-0.4, -0.2) is 81.5 Å². The van der Waals surface area contributed by atoms with Crippen molar-refractivity contribution in [2.45, 2.75) is 148 Å². The molecular weight excluding hydrogens is 745 g/mol. The Kier molecular flexibility index (Phi) is 15.6. The number of nitrogens with zero attached hydrogens (tertiary/aromatic N) is 1. The van der Waals surface area contributed by atoms with Crippen LogP contribution in [0.2, 0.25) is 13.3 Å². The van der Waals surface area contributed by atoms with E-state index in [0.29, 0.717) is 12.8 Å². The molecule has 0 spiro atoms. The second-order valence-corrected chi connectivity index (χ2v) is 31.5. The third-order valence-electron chi connectivity index (χ3n) is 10.6. The minimum absolute atomic E-state index is 0.0429. The third-order valence-corrected chi connectivity index (χ3v) is 28.2. The second kappa shape index (κ2) is 18.7. The van der Waals surface area contributed by atoms with E-state index in [1.165, 1.54) is 56.7 Å². The molecule has 0 saturated carbocycles. The summed E-state index contributed by atoms with van der Waals surface area (Å²) in [5.41, 5.74) is 1.09. The first-order valence-corrected chi connectivity index (χ1v) is 28.5. The van der Waals surface area contributed by atoms with E-state index in [4.69, 9.17) is 14.2 Å². The average molecular weight is 809 g/mol. The Morgan fingerprint density at radius 2 is 1.58 bits per heavy atom. The van der Waals surface area contributed by atoms with E-state index in [9.17, 15) is 9.59 Å². The van der Waals surface area contributed by atoms with E-state index in [1.54, 1.807) is 0 Å². The van der Waals surface area contributed by atoms with Gasteiger partial charge < -0.3 is 0 Å². The molecule has 1 aromatic rings. The molecule has 3 aliphatic heterocycles. The molecule has 3 saturated heterocycles. The van der Waals surface area contributed by atoms with Crippen molar-refractivity contribution < 1.29 is 23.8 Å². The Balaban J connectivity index is 1.65. The van der Waals surface area contributed by atoms with Gasteiger partial charge >= 0.3 is 288 Å². The molecule has 5 atom stereocenters. The van der Waals surface area contributed by atoms with Gasteiger partial charge in [-0.2, -0.15) is 0 Å². The van der Waals surface area contributed by atoms with E-state index in [-0.39, 0.29) is 40.8 Å². The van der Waals surface area contributed by atoms with Gasteiger partial charge in [0.25, 0.3) is 0 Å². The molecule has 3 fully saturated rings. The summed E-state index contributed by atoms with van der Waals surface area (Å²) in [6.07, 6.45) is 11.1. The molecule has 0 bridgehead atoms. The van der Waals surface area contributed by atoms with E-state index in [2.05, 4.69) is 44.8 Å². The second-order valence-electron chi connectivity index (χ2n) is 15.1. The summed E-state index contributed by atoms with van der Waals surface area (Å²) >= 11 is 1.40. The Bertz CT molecular complexity index is 1170. The van der Waals surface area contributed by atoms with Gasteiger partial charge in [0.15, 0.2) is 0 Å². The van der Waals surface area contributed by atoms with E-state index in [0.717, 1.165) is 23.5 Å². The number of unbranched alkanes of at least 4 members (excludes halogenated alkanes) is 3. The van der Waals surface area contributed by atoms with Crippen molar-refractivity contribution in [1.82, 2.24) is 4.90 Å². The normalized spacial score (nSPS) is 26.2. The number of cyclic esters (lactones) is 1. The molecule has 48 heavy (non-hydrogen) atoms. The number of thioether (sulfide) groups is 2.